The van der Waals surface area contributed by atoms with Crippen LogP contribution in [0, 0.1) is 6.92 Å². The van der Waals surface area contributed by atoms with Crippen LogP contribution in [0.1, 0.15) is 73.3 Å². The molecule has 2 aliphatic rings. The zero-order valence-corrected chi connectivity index (χ0v) is 23.8. The van der Waals surface area contributed by atoms with Crippen LogP contribution in [-0.2, 0) is 18.3 Å². The number of phenols is 1. The van der Waals surface area contributed by atoms with Gasteiger partial charge in [-0.05, 0) is 82.8 Å². The minimum Gasteiger partial charge on any atom is -0.504 e. The fraction of sp³-hybridized carbons (Fsp3) is 0.516. The lowest BCUT2D eigenvalue weighted by Gasteiger charge is -2.60. The number of furan rings is 1. The second-order valence-corrected chi connectivity index (χ2v) is 11.1. The van der Waals surface area contributed by atoms with E-state index in [0.29, 0.717) is 31.6 Å². The molecule has 0 amide bonds. The number of aliphatic imine (C=N–C) groups is 1. The standard InChI is InChI=1S/C31H44N4O4/c1-6-11-24-22(7-2)20(3)25(39-24)19-31-14-17-35(16-10-8-9-15-34-29(32)33)26(30(31,4)37)18-21-12-13-23(36)28(38-5)27(21)31/h6-7,11-13,26,36-37H,2,8-10,14-19H2,1,3-5H3,(H4,32,33,34)/b11-6-. The Kier molecular flexibility index (Phi) is 8.47. The predicted octanol–water partition coefficient (Wildman–Crippen LogP) is 4.28. The van der Waals surface area contributed by atoms with Gasteiger partial charge in [-0.15, -0.1) is 0 Å². The van der Waals surface area contributed by atoms with Crippen molar-refractivity contribution >= 4 is 18.1 Å². The quantitative estimate of drug-likeness (QED) is 0.191. The molecule has 8 nitrogen and oxygen atoms in total. The molecule has 4 rings (SSSR count). The number of ether oxygens (including phenoxy) is 1. The minimum atomic E-state index is -1.11. The first-order chi connectivity index (χ1) is 18.6. The van der Waals surface area contributed by atoms with Gasteiger partial charge in [0, 0.05) is 35.5 Å². The number of phenolic OH excluding ortho intramolecular Hbond substituents is 1. The summed E-state index contributed by atoms with van der Waals surface area (Å²) in [5, 5.41) is 23.3. The van der Waals surface area contributed by atoms with Crippen molar-refractivity contribution in [3.63, 3.8) is 0 Å². The number of likely N-dealkylation sites (tertiary alicyclic amines) is 1. The van der Waals surface area contributed by atoms with Gasteiger partial charge in [-0.2, -0.15) is 0 Å². The molecule has 1 aromatic carbocycles. The highest BCUT2D eigenvalue weighted by molar-refractivity contribution is 5.75. The maximum absolute atomic E-state index is 12.5. The van der Waals surface area contributed by atoms with Crippen molar-refractivity contribution in [1.29, 1.82) is 0 Å². The van der Waals surface area contributed by atoms with Crippen molar-refractivity contribution < 1.29 is 19.4 Å². The zero-order chi connectivity index (χ0) is 28.4. The van der Waals surface area contributed by atoms with Crippen LogP contribution < -0.4 is 16.2 Å². The molecule has 3 atom stereocenters. The molecule has 6 N–H and O–H groups in total. The summed E-state index contributed by atoms with van der Waals surface area (Å²) in [5.74, 6) is 2.26. The van der Waals surface area contributed by atoms with E-state index in [2.05, 4.69) is 16.5 Å². The molecule has 3 unspecified atom stereocenters. The Bertz CT molecular complexity index is 1260. The molecule has 2 aromatic rings. The number of guanidine groups is 1. The van der Waals surface area contributed by atoms with Gasteiger partial charge < -0.3 is 30.8 Å². The van der Waals surface area contributed by atoms with Gasteiger partial charge in [0.05, 0.1) is 12.7 Å². The van der Waals surface area contributed by atoms with Crippen LogP contribution in [0.25, 0.3) is 12.2 Å². The summed E-state index contributed by atoms with van der Waals surface area (Å²) >= 11 is 0. The Hall–Kier alpha value is -3.23. The smallest absolute Gasteiger partial charge is 0.185 e. The number of hydrogen-bond acceptors (Lipinski definition) is 6. The Labute approximate surface area is 232 Å². The van der Waals surface area contributed by atoms with Crippen LogP contribution in [0.5, 0.6) is 11.5 Å². The lowest BCUT2D eigenvalue weighted by atomic mass is 9.53. The lowest BCUT2D eigenvalue weighted by Crippen LogP contribution is -2.71. The highest BCUT2D eigenvalue weighted by Crippen LogP contribution is 2.57. The third-order valence-electron chi connectivity index (χ3n) is 8.91. The number of nitrogens with two attached hydrogens (primary N) is 2. The average molecular weight is 537 g/mol. The van der Waals surface area contributed by atoms with Gasteiger partial charge in [0.2, 0.25) is 0 Å². The number of nitrogens with zero attached hydrogens (tertiary/aromatic N) is 2. The highest BCUT2D eigenvalue weighted by atomic mass is 16.5. The van der Waals surface area contributed by atoms with Crippen LogP contribution in [0.3, 0.4) is 0 Å². The summed E-state index contributed by atoms with van der Waals surface area (Å²) in [6.07, 6.45) is 10.5. The molecule has 1 saturated heterocycles. The molecule has 0 radical (unpaired) electrons. The van der Waals surface area contributed by atoms with E-state index in [4.69, 9.17) is 20.6 Å². The van der Waals surface area contributed by atoms with Crippen molar-refractivity contribution in [2.75, 3.05) is 26.7 Å². The van der Waals surface area contributed by atoms with E-state index in [1.807, 2.05) is 45.1 Å². The molecule has 2 heterocycles. The Morgan fingerprint density at radius 2 is 2.08 bits per heavy atom. The number of aromatic hydroxyl groups is 1. The van der Waals surface area contributed by atoms with Gasteiger partial charge in [0.15, 0.2) is 17.5 Å². The van der Waals surface area contributed by atoms with E-state index < -0.39 is 11.0 Å². The maximum atomic E-state index is 12.5. The topological polar surface area (TPSA) is 130 Å². The molecule has 8 heteroatoms. The summed E-state index contributed by atoms with van der Waals surface area (Å²) in [7, 11) is 1.58. The van der Waals surface area contributed by atoms with Gasteiger partial charge >= 0.3 is 0 Å². The monoisotopic (exact) mass is 536 g/mol. The number of methoxy groups -OCH3 is 1. The van der Waals surface area contributed by atoms with Gasteiger partial charge in [-0.3, -0.25) is 9.89 Å². The van der Waals surface area contributed by atoms with Crippen molar-refractivity contribution in [3.8, 4) is 11.5 Å². The normalized spacial score (nSPS) is 24.5. The van der Waals surface area contributed by atoms with Crippen LogP contribution in [-0.4, -0.2) is 59.5 Å². The minimum absolute atomic E-state index is 0.0881. The highest BCUT2D eigenvalue weighted by Gasteiger charge is 2.62. The Morgan fingerprint density at radius 3 is 2.74 bits per heavy atom. The number of benzene rings is 1. The van der Waals surface area contributed by atoms with Crippen molar-refractivity contribution in [2.45, 2.75) is 76.4 Å². The van der Waals surface area contributed by atoms with Crippen molar-refractivity contribution in [1.82, 2.24) is 4.90 Å². The number of aliphatic hydroxyl groups is 1. The summed E-state index contributed by atoms with van der Waals surface area (Å²) in [4.78, 5) is 6.51. The van der Waals surface area contributed by atoms with Crippen LogP contribution >= 0.6 is 0 Å². The van der Waals surface area contributed by atoms with Gasteiger partial charge in [-0.1, -0.05) is 31.2 Å². The first kappa shape index (κ1) is 28.8. The van der Waals surface area contributed by atoms with E-state index in [1.165, 1.54) is 0 Å². The van der Waals surface area contributed by atoms with Gasteiger partial charge in [0.1, 0.15) is 11.5 Å². The first-order valence-corrected chi connectivity index (χ1v) is 13.9. The molecule has 1 aliphatic carbocycles. The van der Waals surface area contributed by atoms with Gasteiger partial charge in [-0.25, -0.2) is 0 Å². The molecule has 212 valence electrons. The largest absolute Gasteiger partial charge is 0.504 e. The number of fused-ring (bicyclic) bond motifs is 4. The number of piperidine rings is 1. The SMILES string of the molecule is C=Cc1c(/C=C\C)oc(CC23CCN(CCCCCN=C(N)N)C(Cc4ccc(O)c(OC)c42)C3(C)O)c1C. The molecular formula is C31H44N4O4. The second-order valence-electron chi connectivity index (χ2n) is 11.1. The van der Waals surface area contributed by atoms with Crippen molar-refractivity contribution in [3.05, 3.63) is 58.6 Å². The predicted molar refractivity (Wildman–Crippen MR) is 157 cm³/mol. The number of unbranched alkanes of at least 4 members (excludes halogenated alkanes) is 2. The van der Waals surface area contributed by atoms with E-state index >= 15 is 0 Å². The third-order valence-corrected chi connectivity index (χ3v) is 8.91. The number of hydrogen-bond donors (Lipinski definition) is 4. The molecule has 0 spiro atoms. The lowest BCUT2D eigenvalue weighted by molar-refractivity contribution is -0.136. The Balaban J connectivity index is 1.73. The average Bonchev–Trinajstić information content (AvgIpc) is 3.17. The van der Waals surface area contributed by atoms with E-state index in [-0.39, 0.29) is 17.8 Å². The van der Waals surface area contributed by atoms with Crippen LogP contribution in [0.15, 0.2) is 34.2 Å². The molecule has 1 aromatic heterocycles. The molecule has 1 aliphatic heterocycles. The third kappa shape index (κ3) is 5.08. The van der Waals surface area contributed by atoms with E-state index in [1.54, 1.807) is 13.2 Å². The molecule has 1 fully saturated rings. The fourth-order valence-electron chi connectivity index (χ4n) is 6.85. The van der Waals surface area contributed by atoms with E-state index in [9.17, 15) is 10.2 Å². The summed E-state index contributed by atoms with van der Waals surface area (Å²) in [6, 6.07) is 3.60. The molecule has 39 heavy (non-hydrogen) atoms. The summed E-state index contributed by atoms with van der Waals surface area (Å²) in [5.41, 5.74) is 13.0. The van der Waals surface area contributed by atoms with E-state index in [0.717, 1.165) is 66.1 Å². The molecular weight excluding hydrogens is 492 g/mol. The zero-order valence-electron chi connectivity index (χ0n) is 23.8. The molecule has 0 saturated carbocycles. The fourth-order valence-corrected chi connectivity index (χ4v) is 6.85. The Morgan fingerprint density at radius 1 is 1.31 bits per heavy atom. The van der Waals surface area contributed by atoms with Crippen molar-refractivity contribution in [2.24, 2.45) is 16.5 Å². The first-order valence-electron chi connectivity index (χ1n) is 13.9. The summed E-state index contributed by atoms with van der Waals surface area (Å²) < 4.78 is 12.2. The van der Waals surface area contributed by atoms with Crippen LogP contribution in [0.4, 0.5) is 0 Å². The number of rotatable bonds is 11. The molecule has 2 bridgehead atoms. The maximum Gasteiger partial charge on any atom is 0.185 e. The van der Waals surface area contributed by atoms with Gasteiger partial charge in [0.25, 0.3) is 0 Å². The van der Waals surface area contributed by atoms with Crippen LogP contribution in [0.2, 0.25) is 0 Å². The summed E-state index contributed by atoms with van der Waals surface area (Å²) in [6.45, 7) is 12.3. The number of allylic oxidation sites excluding steroid dienone is 1. The second kappa shape index (κ2) is 11.5.